The van der Waals surface area contributed by atoms with E-state index in [-0.39, 0.29) is 5.91 Å². The zero-order chi connectivity index (χ0) is 14.5. The van der Waals surface area contributed by atoms with Gasteiger partial charge < -0.3 is 10.6 Å². The van der Waals surface area contributed by atoms with Crippen LogP contribution in [0.5, 0.6) is 0 Å². The molecule has 0 atom stereocenters. The molecule has 0 aliphatic heterocycles. The second-order valence-corrected chi connectivity index (χ2v) is 4.56. The van der Waals surface area contributed by atoms with Crippen LogP contribution in [0, 0.1) is 6.92 Å². The van der Waals surface area contributed by atoms with E-state index >= 15 is 0 Å². The van der Waals surface area contributed by atoms with Crippen molar-refractivity contribution in [3.8, 4) is 0 Å². The number of aromatic nitrogens is 2. The Labute approximate surface area is 118 Å². The number of nitrogen functional groups attached to an aromatic ring is 1. The molecule has 0 bridgehead atoms. The van der Waals surface area contributed by atoms with E-state index in [1.165, 1.54) is 6.20 Å². The third kappa shape index (κ3) is 3.32. The molecule has 5 nitrogen and oxygen atoms in total. The van der Waals surface area contributed by atoms with Crippen molar-refractivity contribution in [2.75, 3.05) is 12.3 Å². The summed E-state index contributed by atoms with van der Waals surface area (Å²) >= 11 is 0. The maximum Gasteiger partial charge on any atom is 0.255 e. The molecule has 0 fully saturated rings. The van der Waals surface area contributed by atoms with Gasteiger partial charge in [0, 0.05) is 18.4 Å². The van der Waals surface area contributed by atoms with Crippen LogP contribution in [0.3, 0.4) is 0 Å². The zero-order valence-electron chi connectivity index (χ0n) is 11.7. The first kappa shape index (κ1) is 14.0. The topological polar surface area (TPSA) is 72.1 Å². The molecule has 0 radical (unpaired) electrons. The molecular weight excluding hydrogens is 252 g/mol. The highest BCUT2D eigenvalue weighted by molar-refractivity contribution is 5.94. The maximum atomic E-state index is 12.4. The second kappa shape index (κ2) is 6.14. The molecule has 0 unspecified atom stereocenters. The number of nitrogens with two attached hydrogens (primary N) is 1. The Morgan fingerprint density at radius 2 is 2.10 bits per heavy atom. The number of carbonyl (C=O) groups is 1. The van der Waals surface area contributed by atoms with E-state index in [0.29, 0.717) is 24.5 Å². The van der Waals surface area contributed by atoms with Crippen molar-refractivity contribution in [3.63, 3.8) is 0 Å². The predicted molar refractivity (Wildman–Crippen MR) is 78.0 cm³/mol. The van der Waals surface area contributed by atoms with E-state index in [1.807, 2.05) is 32.0 Å². The standard InChI is InChI=1S/C15H18N4O/c1-3-19(10-13-6-4-5-11(2)18-13)15(20)12-7-8-14(16)17-9-12/h4-9H,3,10H2,1-2H3,(H2,16,17). The number of anilines is 1. The van der Waals surface area contributed by atoms with Gasteiger partial charge in [0.25, 0.3) is 5.91 Å². The van der Waals surface area contributed by atoms with Crippen LogP contribution in [0.25, 0.3) is 0 Å². The monoisotopic (exact) mass is 270 g/mol. The summed E-state index contributed by atoms with van der Waals surface area (Å²) in [6.07, 6.45) is 1.50. The lowest BCUT2D eigenvalue weighted by atomic mass is 10.2. The van der Waals surface area contributed by atoms with E-state index < -0.39 is 0 Å². The van der Waals surface area contributed by atoms with Crippen molar-refractivity contribution in [1.82, 2.24) is 14.9 Å². The maximum absolute atomic E-state index is 12.4. The number of nitrogens with zero attached hydrogens (tertiary/aromatic N) is 3. The first-order valence-corrected chi connectivity index (χ1v) is 6.53. The minimum absolute atomic E-state index is 0.0664. The highest BCUT2D eigenvalue weighted by Crippen LogP contribution is 2.09. The summed E-state index contributed by atoms with van der Waals surface area (Å²) in [7, 11) is 0. The number of hydrogen-bond donors (Lipinski definition) is 1. The van der Waals surface area contributed by atoms with Crippen LogP contribution in [0.1, 0.15) is 28.7 Å². The fraction of sp³-hybridized carbons (Fsp3) is 0.267. The molecule has 2 aromatic heterocycles. The number of pyridine rings is 2. The van der Waals surface area contributed by atoms with E-state index in [9.17, 15) is 4.79 Å². The van der Waals surface area contributed by atoms with Crippen LogP contribution < -0.4 is 5.73 Å². The van der Waals surface area contributed by atoms with Gasteiger partial charge in [0.05, 0.1) is 17.8 Å². The van der Waals surface area contributed by atoms with Crippen LogP contribution in [0.2, 0.25) is 0 Å². The Balaban J connectivity index is 2.15. The lowest BCUT2D eigenvalue weighted by Gasteiger charge is -2.20. The number of carbonyl (C=O) groups excluding carboxylic acids is 1. The van der Waals surface area contributed by atoms with Gasteiger partial charge in [-0.05, 0) is 38.1 Å². The summed E-state index contributed by atoms with van der Waals surface area (Å²) in [5.74, 6) is 0.341. The van der Waals surface area contributed by atoms with Gasteiger partial charge in [-0.25, -0.2) is 4.98 Å². The Bertz CT molecular complexity index is 595. The Morgan fingerprint density at radius 3 is 2.70 bits per heavy atom. The molecule has 0 aliphatic carbocycles. The molecule has 1 amide bonds. The van der Waals surface area contributed by atoms with Crippen molar-refractivity contribution in [3.05, 3.63) is 53.5 Å². The van der Waals surface area contributed by atoms with E-state index in [2.05, 4.69) is 9.97 Å². The van der Waals surface area contributed by atoms with Gasteiger partial charge in [0.15, 0.2) is 0 Å². The van der Waals surface area contributed by atoms with Crippen molar-refractivity contribution in [1.29, 1.82) is 0 Å². The van der Waals surface area contributed by atoms with Crippen molar-refractivity contribution >= 4 is 11.7 Å². The second-order valence-electron chi connectivity index (χ2n) is 4.56. The van der Waals surface area contributed by atoms with Gasteiger partial charge >= 0.3 is 0 Å². The fourth-order valence-electron chi connectivity index (χ4n) is 1.92. The lowest BCUT2D eigenvalue weighted by Crippen LogP contribution is -2.30. The largest absolute Gasteiger partial charge is 0.384 e. The molecule has 0 saturated carbocycles. The number of rotatable bonds is 4. The number of amides is 1. The minimum atomic E-state index is -0.0664. The van der Waals surface area contributed by atoms with Crippen LogP contribution in [-0.4, -0.2) is 27.3 Å². The third-order valence-electron chi connectivity index (χ3n) is 3.00. The van der Waals surface area contributed by atoms with Gasteiger partial charge in [-0.2, -0.15) is 0 Å². The zero-order valence-corrected chi connectivity index (χ0v) is 11.7. The lowest BCUT2D eigenvalue weighted by molar-refractivity contribution is 0.0750. The third-order valence-corrected chi connectivity index (χ3v) is 3.00. The molecule has 5 heteroatoms. The first-order chi connectivity index (χ1) is 9.60. The predicted octanol–water partition coefficient (Wildman–Crippen LogP) is 2.03. The number of hydrogen-bond acceptors (Lipinski definition) is 4. The van der Waals surface area contributed by atoms with Gasteiger partial charge in [0.1, 0.15) is 5.82 Å². The van der Waals surface area contributed by atoms with Crippen LogP contribution in [0.4, 0.5) is 5.82 Å². The minimum Gasteiger partial charge on any atom is -0.384 e. The van der Waals surface area contributed by atoms with Crippen LogP contribution >= 0.6 is 0 Å². The first-order valence-electron chi connectivity index (χ1n) is 6.53. The summed E-state index contributed by atoms with van der Waals surface area (Å²) in [5, 5.41) is 0. The van der Waals surface area contributed by atoms with Crippen molar-refractivity contribution in [2.45, 2.75) is 20.4 Å². The quantitative estimate of drug-likeness (QED) is 0.922. The molecule has 20 heavy (non-hydrogen) atoms. The smallest absolute Gasteiger partial charge is 0.255 e. The molecule has 2 rings (SSSR count). The highest BCUT2D eigenvalue weighted by atomic mass is 16.2. The normalized spacial score (nSPS) is 10.3. The van der Waals surface area contributed by atoms with E-state index in [4.69, 9.17) is 5.73 Å². The van der Waals surface area contributed by atoms with Crippen molar-refractivity contribution in [2.24, 2.45) is 0 Å². The average molecular weight is 270 g/mol. The molecular formula is C15H18N4O. The summed E-state index contributed by atoms with van der Waals surface area (Å²) in [6.45, 7) is 4.98. The molecule has 0 saturated heterocycles. The summed E-state index contributed by atoms with van der Waals surface area (Å²) in [6, 6.07) is 9.12. The van der Waals surface area contributed by atoms with Crippen molar-refractivity contribution < 1.29 is 4.79 Å². The van der Waals surface area contributed by atoms with Crippen LogP contribution in [0.15, 0.2) is 36.5 Å². The summed E-state index contributed by atoms with van der Waals surface area (Å²) in [4.78, 5) is 22.5. The Morgan fingerprint density at radius 1 is 1.30 bits per heavy atom. The van der Waals surface area contributed by atoms with Gasteiger partial charge in [-0.15, -0.1) is 0 Å². The molecule has 2 aromatic rings. The average Bonchev–Trinajstić information content (AvgIpc) is 2.45. The Hall–Kier alpha value is -2.43. The molecule has 2 N–H and O–H groups in total. The molecule has 104 valence electrons. The van der Waals surface area contributed by atoms with Crippen LogP contribution in [-0.2, 0) is 6.54 Å². The fourth-order valence-corrected chi connectivity index (χ4v) is 1.92. The Kier molecular flexibility index (Phi) is 4.30. The van der Waals surface area contributed by atoms with Gasteiger partial charge in [-0.1, -0.05) is 6.07 Å². The SMILES string of the molecule is CCN(Cc1cccc(C)n1)C(=O)c1ccc(N)nc1. The van der Waals surface area contributed by atoms with E-state index in [0.717, 1.165) is 11.4 Å². The van der Waals surface area contributed by atoms with Gasteiger partial charge in [-0.3, -0.25) is 9.78 Å². The summed E-state index contributed by atoms with van der Waals surface area (Å²) < 4.78 is 0. The van der Waals surface area contributed by atoms with E-state index in [1.54, 1.807) is 17.0 Å². The molecule has 0 aromatic carbocycles. The molecule has 2 heterocycles. The summed E-state index contributed by atoms with van der Waals surface area (Å²) in [5.41, 5.74) is 7.89. The van der Waals surface area contributed by atoms with Gasteiger partial charge in [0.2, 0.25) is 0 Å². The molecule has 0 spiro atoms. The molecule has 0 aliphatic rings. The number of aryl methyl sites for hydroxylation is 1. The highest BCUT2D eigenvalue weighted by Gasteiger charge is 2.15.